The fourth-order valence-corrected chi connectivity index (χ4v) is 2.49. The molecule has 0 fully saturated rings. The molecule has 0 radical (unpaired) electrons. The van der Waals surface area contributed by atoms with Crippen molar-refractivity contribution in [2.75, 3.05) is 20.4 Å². The van der Waals surface area contributed by atoms with Gasteiger partial charge in [0.1, 0.15) is 0 Å². The van der Waals surface area contributed by atoms with Gasteiger partial charge in [-0.25, -0.2) is 0 Å². The molecule has 2 aromatic rings. The predicted octanol–water partition coefficient (Wildman–Crippen LogP) is 2.11. The van der Waals surface area contributed by atoms with E-state index in [0.29, 0.717) is 23.6 Å². The van der Waals surface area contributed by atoms with Gasteiger partial charge in [0, 0.05) is 19.2 Å². The van der Waals surface area contributed by atoms with Crippen LogP contribution in [0.5, 0.6) is 11.5 Å². The van der Waals surface area contributed by atoms with Crippen LogP contribution in [0.25, 0.3) is 0 Å². The summed E-state index contributed by atoms with van der Waals surface area (Å²) < 4.78 is 10.5. The summed E-state index contributed by atoms with van der Waals surface area (Å²) >= 11 is 0. The molecule has 0 bridgehead atoms. The van der Waals surface area contributed by atoms with E-state index in [-0.39, 0.29) is 25.2 Å². The number of likely N-dealkylation sites (N-methyl/N-ethyl adjacent to an activating group) is 1. The molecule has 1 heterocycles. The molecule has 6 heteroatoms. The number of benzene rings is 2. The van der Waals surface area contributed by atoms with E-state index in [1.807, 2.05) is 31.2 Å². The van der Waals surface area contributed by atoms with Crippen molar-refractivity contribution >= 4 is 11.8 Å². The zero-order valence-electron chi connectivity index (χ0n) is 14.2. The number of hydrogen-bond acceptors (Lipinski definition) is 4. The van der Waals surface area contributed by atoms with Crippen molar-refractivity contribution in [2.45, 2.75) is 13.5 Å². The Balaban J connectivity index is 1.52. The second-order valence-corrected chi connectivity index (χ2v) is 5.99. The molecule has 0 aromatic heterocycles. The Hall–Kier alpha value is -3.02. The molecular weight excluding hydrogens is 320 g/mol. The highest BCUT2D eigenvalue weighted by Crippen LogP contribution is 2.32. The summed E-state index contributed by atoms with van der Waals surface area (Å²) in [6.07, 6.45) is 0. The molecule has 1 N–H and O–H groups in total. The number of nitrogens with one attached hydrogen (secondary N) is 1. The van der Waals surface area contributed by atoms with Crippen molar-refractivity contribution in [3.05, 3.63) is 59.2 Å². The first-order valence-corrected chi connectivity index (χ1v) is 8.00. The maximum absolute atomic E-state index is 12.2. The molecule has 25 heavy (non-hydrogen) atoms. The molecule has 3 rings (SSSR count). The number of aryl methyl sites for hydroxylation is 1. The summed E-state index contributed by atoms with van der Waals surface area (Å²) in [6, 6.07) is 12.9. The van der Waals surface area contributed by atoms with E-state index in [0.717, 1.165) is 5.56 Å². The maximum Gasteiger partial charge on any atom is 0.251 e. The van der Waals surface area contributed by atoms with E-state index in [1.54, 1.807) is 30.1 Å². The van der Waals surface area contributed by atoms with Gasteiger partial charge in [-0.05, 0) is 30.7 Å². The largest absolute Gasteiger partial charge is 0.454 e. The molecule has 2 aromatic carbocycles. The van der Waals surface area contributed by atoms with Crippen molar-refractivity contribution in [1.82, 2.24) is 10.2 Å². The minimum absolute atomic E-state index is 0.0599. The van der Waals surface area contributed by atoms with Gasteiger partial charge < -0.3 is 19.7 Å². The van der Waals surface area contributed by atoms with Crippen molar-refractivity contribution < 1.29 is 19.1 Å². The average molecular weight is 340 g/mol. The van der Waals surface area contributed by atoms with Gasteiger partial charge in [-0.2, -0.15) is 0 Å². The van der Waals surface area contributed by atoms with Crippen LogP contribution in [-0.4, -0.2) is 37.1 Å². The van der Waals surface area contributed by atoms with Crippen molar-refractivity contribution in [3.8, 4) is 11.5 Å². The van der Waals surface area contributed by atoms with Crippen LogP contribution in [0, 0.1) is 6.92 Å². The fourth-order valence-electron chi connectivity index (χ4n) is 2.49. The number of rotatable bonds is 5. The monoisotopic (exact) mass is 340 g/mol. The van der Waals surface area contributed by atoms with Gasteiger partial charge in [0.05, 0.1) is 6.54 Å². The standard InChI is InChI=1S/C19H20N2O4/c1-13-3-5-14(6-4-13)11-21(2)18(22)10-20-19(23)15-7-8-16-17(9-15)25-12-24-16/h3-9H,10-12H2,1-2H3,(H,20,23). The zero-order valence-corrected chi connectivity index (χ0v) is 14.2. The Morgan fingerprint density at radius 1 is 1.08 bits per heavy atom. The Morgan fingerprint density at radius 2 is 1.80 bits per heavy atom. The van der Waals surface area contributed by atoms with Crippen LogP contribution in [0.4, 0.5) is 0 Å². The lowest BCUT2D eigenvalue weighted by Crippen LogP contribution is -2.37. The molecule has 6 nitrogen and oxygen atoms in total. The summed E-state index contributed by atoms with van der Waals surface area (Å²) in [7, 11) is 1.72. The third-order valence-corrected chi connectivity index (χ3v) is 4.00. The molecule has 0 saturated heterocycles. The maximum atomic E-state index is 12.2. The summed E-state index contributed by atoms with van der Waals surface area (Å²) in [4.78, 5) is 26.0. The molecule has 1 aliphatic heterocycles. The molecule has 0 saturated carbocycles. The normalized spacial score (nSPS) is 11.9. The van der Waals surface area contributed by atoms with Crippen LogP contribution >= 0.6 is 0 Å². The Morgan fingerprint density at radius 3 is 2.56 bits per heavy atom. The summed E-state index contributed by atoms with van der Waals surface area (Å²) in [5, 5.41) is 2.64. The smallest absolute Gasteiger partial charge is 0.251 e. The lowest BCUT2D eigenvalue weighted by molar-refractivity contribution is -0.129. The first kappa shape index (κ1) is 16.8. The highest BCUT2D eigenvalue weighted by Gasteiger charge is 2.17. The van der Waals surface area contributed by atoms with E-state index in [1.165, 1.54) is 5.56 Å². The number of amides is 2. The average Bonchev–Trinajstić information content (AvgIpc) is 3.08. The van der Waals surface area contributed by atoms with Gasteiger partial charge in [-0.15, -0.1) is 0 Å². The van der Waals surface area contributed by atoms with Crippen LogP contribution in [0.1, 0.15) is 21.5 Å². The van der Waals surface area contributed by atoms with Gasteiger partial charge in [-0.3, -0.25) is 9.59 Å². The number of nitrogens with zero attached hydrogens (tertiary/aromatic N) is 1. The Kier molecular flexibility index (Phi) is 4.88. The van der Waals surface area contributed by atoms with Crippen molar-refractivity contribution in [3.63, 3.8) is 0 Å². The first-order chi connectivity index (χ1) is 12.0. The number of carbonyl (C=O) groups excluding carboxylic acids is 2. The lowest BCUT2D eigenvalue weighted by Gasteiger charge is -2.17. The molecule has 0 unspecified atom stereocenters. The van der Waals surface area contributed by atoms with Crippen molar-refractivity contribution in [1.29, 1.82) is 0 Å². The number of carbonyl (C=O) groups is 2. The van der Waals surface area contributed by atoms with Gasteiger partial charge in [0.15, 0.2) is 11.5 Å². The lowest BCUT2D eigenvalue weighted by atomic mass is 10.1. The number of ether oxygens (including phenoxy) is 2. The first-order valence-electron chi connectivity index (χ1n) is 8.00. The van der Waals surface area contributed by atoms with E-state index < -0.39 is 0 Å². The molecule has 2 amide bonds. The Labute approximate surface area is 146 Å². The fraction of sp³-hybridized carbons (Fsp3) is 0.263. The van der Waals surface area contributed by atoms with Gasteiger partial charge in [0.2, 0.25) is 12.7 Å². The van der Waals surface area contributed by atoms with E-state index >= 15 is 0 Å². The third kappa shape index (κ3) is 4.09. The molecule has 0 spiro atoms. The van der Waals surface area contributed by atoms with Crippen LogP contribution in [0.3, 0.4) is 0 Å². The van der Waals surface area contributed by atoms with Crippen molar-refractivity contribution in [2.24, 2.45) is 0 Å². The van der Waals surface area contributed by atoms with E-state index in [4.69, 9.17) is 9.47 Å². The van der Waals surface area contributed by atoms with Crippen LogP contribution in [-0.2, 0) is 11.3 Å². The topological polar surface area (TPSA) is 67.9 Å². The SMILES string of the molecule is Cc1ccc(CN(C)C(=O)CNC(=O)c2ccc3c(c2)OCO3)cc1. The number of fused-ring (bicyclic) bond motifs is 1. The quantitative estimate of drug-likeness (QED) is 0.905. The highest BCUT2D eigenvalue weighted by molar-refractivity contribution is 5.97. The molecule has 0 atom stereocenters. The van der Waals surface area contributed by atoms with Gasteiger partial charge in [0.25, 0.3) is 5.91 Å². The Bertz CT molecular complexity index is 787. The third-order valence-electron chi connectivity index (χ3n) is 4.00. The minimum Gasteiger partial charge on any atom is -0.454 e. The second kappa shape index (κ2) is 7.25. The summed E-state index contributed by atoms with van der Waals surface area (Å²) in [6.45, 7) is 2.61. The second-order valence-electron chi connectivity index (χ2n) is 5.99. The predicted molar refractivity (Wildman–Crippen MR) is 92.6 cm³/mol. The van der Waals surface area contributed by atoms with E-state index in [9.17, 15) is 9.59 Å². The minimum atomic E-state index is -0.324. The van der Waals surface area contributed by atoms with Gasteiger partial charge >= 0.3 is 0 Å². The molecule has 1 aliphatic rings. The zero-order chi connectivity index (χ0) is 17.8. The molecular formula is C19H20N2O4. The summed E-state index contributed by atoms with van der Waals surface area (Å²) in [5.74, 6) is 0.672. The highest BCUT2D eigenvalue weighted by atomic mass is 16.7. The van der Waals surface area contributed by atoms with Crippen LogP contribution in [0.2, 0.25) is 0 Å². The molecule has 0 aliphatic carbocycles. The van der Waals surface area contributed by atoms with Crippen LogP contribution < -0.4 is 14.8 Å². The van der Waals surface area contributed by atoms with E-state index in [2.05, 4.69) is 5.32 Å². The van der Waals surface area contributed by atoms with Crippen LogP contribution in [0.15, 0.2) is 42.5 Å². The van der Waals surface area contributed by atoms with Gasteiger partial charge in [-0.1, -0.05) is 29.8 Å². The summed E-state index contributed by atoms with van der Waals surface area (Å²) in [5.41, 5.74) is 2.65. The molecule has 130 valence electrons. The number of hydrogen-bond donors (Lipinski definition) is 1.